The average Bonchev–Trinajstić information content (AvgIpc) is 3.67. The van der Waals surface area contributed by atoms with Gasteiger partial charge in [0.25, 0.3) is 0 Å². The van der Waals surface area contributed by atoms with Crippen LogP contribution in [0.15, 0.2) is 60.8 Å². The Morgan fingerprint density at radius 2 is 1.50 bits per heavy atom. The molecule has 0 spiro atoms. The van der Waals surface area contributed by atoms with E-state index in [0.29, 0.717) is 37.4 Å². The molecule has 12 nitrogen and oxygen atoms in total. The fourth-order valence-electron chi connectivity index (χ4n) is 7.27. The van der Waals surface area contributed by atoms with E-state index in [1.54, 1.807) is 14.2 Å². The third-order valence-electron chi connectivity index (χ3n) is 10.5. The molecule has 0 unspecified atom stereocenters. The van der Waals surface area contributed by atoms with Crippen LogP contribution in [0.2, 0.25) is 0 Å². The standard InChI is InChI=1S/C44H54N4O8/c1-47(24-22-45-41(50)13-11-9-7-5-3-4-6-8-10-12-14-42(51)46-34-18-15-31(29-49)16-19-34)44(52)56-43-36-28-48-23-21-33-26-39-40(55-30-54-39)27-35(33)37(48)25-32(36)17-20-38(43)53-2/h15-20,25-28,49H,3-14,21-24,29-30H2,1-2H3,(H-,45,46,50,51)/p+1. The molecular weight excluding hydrogens is 713 g/mol. The second-order valence-corrected chi connectivity index (χ2v) is 14.6. The van der Waals surface area contributed by atoms with E-state index < -0.39 is 6.09 Å². The van der Waals surface area contributed by atoms with Gasteiger partial charge in [0.15, 0.2) is 35.7 Å². The van der Waals surface area contributed by atoms with Crippen molar-refractivity contribution in [2.45, 2.75) is 96.6 Å². The molecule has 0 aliphatic carbocycles. The monoisotopic (exact) mass is 767 g/mol. The lowest BCUT2D eigenvalue weighted by Crippen LogP contribution is -2.40. The zero-order valence-corrected chi connectivity index (χ0v) is 32.7. The third kappa shape index (κ3) is 10.7. The number of aromatic nitrogens is 1. The summed E-state index contributed by atoms with van der Waals surface area (Å²) in [6.07, 6.45) is 14.1. The number of nitrogens with zero attached hydrogens (tertiary/aromatic N) is 2. The second-order valence-electron chi connectivity index (χ2n) is 14.6. The molecule has 2 aliphatic heterocycles. The molecule has 0 atom stereocenters. The lowest BCUT2D eigenvalue weighted by molar-refractivity contribution is -0.686. The van der Waals surface area contributed by atoms with Crippen molar-refractivity contribution in [1.82, 2.24) is 10.2 Å². The maximum atomic E-state index is 13.2. The molecule has 56 heavy (non-hydrogen) atoms. The molecular formula is C44H55N4O8+. The number of carbonyl (C=O) groups is 3. The number of methoxy groups -OCH3 is 1. The van der Waals surface area contributed by atoms with Gasteiger partial charge in [-0.1, -0.05) is 63.5 Å². The van der Waals surface area contributed by atoms with Crippen molar-refractivity contribution in [2.24, 2.45) is 0 Å². The van der Waals surface area contributed by atoms with Gasteiger partial charge in [-0.25, -0.2) is 4.79 Å². The number of aryl methyl sites for hydroxylation is 2. The zero-order chi connectivity index (χ0) is 39.3. The maximum absolute atomic E-state index is 13.2. The van der Waals surface area contributed by atoms with E-state index in [9.17, 15) is 14.4 Å². The molecule has 6 rings (SSSR count). The SMILES string of the molecule is COc1ccc2cc3[n+](cc2c1OC(=O)N(C)CCNC(=O)CCCCCCCCCCCCC(=O)Nc1ccc(CO)cc1)CCc1cc2c(cc1-3)OCO2. The van der Waals surface area contributed by atoms with Gasteiger partial charge >= 0.3 is 6.09 Å². The molecule has 0 saturated carbocycles. The normalized spacial score (nSPS) is 12.5. The Bertz CT molecular complexity index is 1980. The Morgan fingerprint density at radius 1 is 0.839 bits per heavy atom. The van der Waals surface area contributed by atoms with Gasteiger partial charge in [0, 0.05) is 51.2 Å². The molecule has 0 radical (unpaired) electrons. The van der Waals surface area contributed by atoms with Crippen LogP contribution >= 0.6 is 0 Å². The Kier molecular flexibility index (Phi) is 14.4. The average molecular weight is 768 g/mol. The van der Waals surface area contributed by atoms with Gasteiger partial charge in [0.05, 0.1) is 24.7 Å². The maximum Gasteiger partial charge on any atom is 0.415 e. The van der Waals surface area contributed by atoms with Gasteiger partial charge in [-0.15, -0.1) is 0 Å². The van der Waals surface area contributed by atoms with Crippen molar-refractivity contribution < 1.29 is 43.0 Å². The fourth-order valence-corrected chi connectivity index (χ4v) is 7.27. The van der Waals surface area contributed by atoms with E-state index in [1.165, 1.54) is 29.7 Å². The summed E-state index contributed by atoms with van der Waals surface area (Å²) in [6.45, 7) is 1.63. The number of carbonyl (C=O) groups excluding carboxylic acids is 3. The predicted molar refractivity (Wildman–Crippen MR) is 214 cm³/mol. The number of nitrogens with one attached hydrogen (secondary N) is 2. The minimum Gasteiger partial charge on any atom is -0.493 e. The summed E-state index contributed by atoms with van der Waals surface area (Å²) in [7, 11) is 3.21. The molecule has 3 aromatic carbocycles. The Hall–Kier alpha value is -5.36. The number of aliphatic hydroxyl groups is 1. The van der Waals surface area contributed by atoms with Crippen molar-refractivity contribution in [3.05, 3.63) is 71.9 Å². The number of rotatable bonds is 20. The summed E-state index contributed by atoms with van der Waals surface area (Å²) < 4.78 is 25.0. The largest absolute Gasteiger partial charge is 0.493 e. The van der Waals surface area contributed by atoms with Gasteiger partial charge < -0.3 is 39.6 Å². The first-order valence-electron chi connectivity index (χ1n) is 20.0. The summed E-state index contributed by atoms with van der Waals surface area (Å²) in [6, 6.07) is 17.2. The molecule has 0 fully saturated rings. The second kappa shape index (κ2) is 20.0. The molecule has 0 saturated heterocycles. The highest BCUT2D eigenvalue weighted by Crippen LogP contribution is 2.41. The van der Waals surface area contributed by atoms with Crippen LogP contribution in [0.1, 0.15) is 88.2 Å². The van der Waals surface area contributed by atoms with Gasteiger partial charge in [0.2, 0.25) is 24.3 Å². The molecule has 3 heterocycles. The number of amides is 3. The van der Waals surface area contributed by atoms with Crippen LogP contribution in [0.25, 0.3) is 22.0 Å². The van der Waals surface area contributed by atoms with Gasteiger partial charge in [-0.3, -0.25) is 9.59 Å². The summed E-state index contributed by atoms with van der Waals surface area (Å²) >= 11 is 0. The Labute approximate surface area is 329 Å². The van der Waals surface area contributed by atoms with Crippen molar-refractivity contribution in [1.29, 1.82) is 0 Å². The number of pyridine rings is 1. The van der Waals surface area contributed by atoms with Crippen LogP contribution in [0, 0.1) is 0 Å². The molecule has 3 amide bonds. The van der Waals surface area contributed by atoms with E-state index >= 15 is 0 Å². The molecule has 0 bridgehead atoms. The minimum atomic E-state index is -0.531. The van der Waals surface area contributed by atoms with Gasteiger partial charge in [-0.05, 0) is 65.8 Å². The quantitative estimate of drug-likeness (QED) is 0.0623. The molecule has 298 valence electrons. The molecule has 2 aliphatic rings. The summed E-state index contributed by atoms with van der Waals surface area (Å²) in [5.41, 5.74) is 4.94. The van der Waals surface area contributed by atoms with Crippen LogP contribution in [-0.4, -0.2) is 62.0 Å². The van der Waals surface area contributed by atoms with Gasteiger partial charge in [0.1, 0.15) is 0 Å². The van der Waals surface area contributed by atoms with E-state index in [0.717, 1.165) is 103 Å². The number of ether oxygens (including phenoxy) is 4. The summed E-state index contributed by atoms with van der Waals surface area (Å²) in [5, 5.41) is 16.6. The number of fused-ring (bicyclic) bond motifs is 5. The lowest BCUT2D eigenvalue weighted by Gasteiger charge is -2.20. The van der Waals surface area contributed by atoms with Crippen LogP contribution in [-0.2, 0) is 29.2 Å². The van der Waals surface area contributed by atoms with Crippen molar-refractivity contribution >= 4 is 34.4 Å². The first kappa shape index (κ1) is 40.3. The summed E-state index contributed by atoms with van der Waals surface area (Å²) in [5.74, 6) is 2.37. The van der Waals surface area contributed by atoms with Crippen LogP contribution < -0.4 is 34.1 Å². The lowest BCUT2D eigenvalue weighted by atomic mass is 9.95. The number of likely N-dealkylation sites (N-methyl/N-ethyl adjacent to an activating group) is 1. The first-order valence-corrected chi connectivity index (χ1v) is 20.0. The smallest absolute Gasteiger partial charge is 0.415 e. The minimum absolute atomic E-state index is 0.00372. The van der Waals surface area contributed by atoms with Gasteiger partial charge in [-0.2, -0.15) is 4.57 Å². The van der Waals surface area contributed by atoms with E-state index in [4.69, 9.17) is 24.1 Å². The van der Waals surface area contributed by atoms with E-state index in [2.05, 4.69) is 27.3 Å². The van der Waals surface area contributed by atoms with Crippen molar-refractivity contribution in [3.8, 4) is 34.3 Å². The number of unbranched alkanes of at least 4 members (excludes halogenated alkanes) is 9. The Morgan fingerprint density at radius 3 is 2.18 bits per heavy atom. The van der Waals surface area contributed by atoms with Crippen molar-refractivity contribution in [3.63, 3.8) is 0 Å². The molecule has 12 heteroatoms. The number of aliphatic hydroxyl groups excluding tert-OH is 1. The van der Waals surface area contributed by atoms with Crippen LogP contribution in [0.4, 0.5) is 10.5 Å². The van der Waals surface area contributed by atoms with Crippen LogP contribution in [0.3, 0.4) is 0 Å². The highest BCUT2D eigenvalue weighted by Gasteiger charge is 2.29. The molecule has 1 aromatic heterocycles. The topological polar surface area (TPSA) is 140 Å². The van der Waals surface area contributed by atoms with Crippen LogP contribution in [0.5, 0.6) is 23.0 Å². The highest BCUT2D eigenvalue weighted by molar-refractivity contribution is 5.93. The zero-order valence-electron chi connectivity index (χ0n) is 32.7. The Balaban J connectivity index is 0.833. The first-order chi connectivity index (χ1) is 27.3. The molecule has 4 aromatic rings. The number of hydrogen-bond donors (Lipinski definition) is 3. The fraction of sp³-hybridized carbons (Fsp3) is 0.455. The van der Waals surface area contributed by atoms with E-state index in [1.807, 2.05) is 48.7 Å². The van der Waals surface area contributed by atoms with Crippen molar-refractivity contribution in [2.75, 3.05) is 39.4 Å². The number of hydrogen-bond acceptors (Lipinski definition) is 8. The molecule has 3 N–H and O–H groups in total. The number of anilines is 1. The number of benzene rings is 3. The summed E-state index contributed by atoms with van der Waals surface area (Å²) in [4.78, 5) is 39.3. The highest BCUT2D eigenvalue weighted by atomic mass is 16.7. The predicted octanol–water partition coefficient (Wildman–Crippen LogP) is 7.45. The third-order valence-corrected chi connectivity index (χ3v) is 10.5. The van der Waals surface area contributed by atoms with E-state index in [-0.39, 0.29) is 25.2 Å².